The number of primary amides is 2. The molecule has 1 aliphatic rings. The zero-order valence-corrected chi connectivity index (χ0v) is 34.0. The van der Waals surface area contributed by atoms with E-state index in [2.05, 4.69) is 26.6 Å². The smallest absolute Gasteiger partial charge is 0.326 e. The fourth-order valence-electron chi connectivity index (χ4n) is 6.34. The predicted octanol–water partition coefficient (Wildman–Crippen LogP) is -2.92. The van der Waals surface area contributed by atoms with Crippen molar-refractivity contribution >= 4 is 59.2 Å². The van der Waals surface area contributed by atoms with Crippen molar-refractivity contribution in [2.45, 2.75) is 121 Å². The standard InChI is InChI=1S/C38H57N9O13/c1-5-19(4)31(37(58)47-14-6-7-26(47)35(56)42-23(12-13-29(51)52)33(54)44-25(38(59)60)17-28(41)50)46-34(55)24(16-27(40)49)43-36(57)30(18(2)3)45-32(53)22(39)15-20-8-10-21(48)11-9-20/h8-11,18-19,22-26,30-31,48H,5-7,12-17,39H2,1-4H3,(H2,40,49)(H2,41,50)(H,42,56)(H,43,57)(H,44,54)(H,45,53)(H,46,55)(H,51,52)(H,59,60). The minimum absolute atomic E-state index is 0.0222. The van der Waals surface area contributed by atoms with Gasteiger partial charge in [0.1, 0.15) is 42.0 Å². The van der Waals surface area contributed by atoms with Crippen LogP contribution < -0.4 is 43.8 Å². The van der Waals surface area contributed by atoms with Crippen molar-refractivity contribution in [3.05, 3.63) is 29.8 Å². The van der Waals surface area contributed by atoms with Gasteiger partial charge in [-0.25, -0.2) is 4.79 Å². The molecule has 14 N–H and O–H groups in total. The number of likely N-dealkylation sites (tertiary alicyclic amines) is 1. The SMILES string of the molecule is CCC(C)C(NC(=O)C(CC(N)=O)NC(=O)C(NC(=O)C(N)Cc1ccc(O)cc1)C(C)C)C(=O)N1CCCC1C(=O)NC(CCC(=O)O)C(=O)NC(CC(N)=O)C(=O)O. The quantitative estimate of drug-likeness (QED) is 0.0497. The molecular weight excluding hydrogens is 790 g/mol. The van der Waals surface area contributed by atoms with Crippen LogP contribution in [0.4, 0.5) is 0 Å². The third-order valence-electron chi connectivity index (χ3n) is 9.93. The molecule has 8 atom stereocenters. The summed E-state index contributed by atoms with van der Waals surface area (Å²) in [5.74, 6) is -11.3. The van der Waals surface area contributed by atoms with Gasteiger partial charge in [-0.3, -0.25) is 43.2 Å². The molecule has 0 saturated carbocycles. The molecule has 1 heterocycles. The Labute approximate surface area is 346 Å². The van der Waals surface area contributed by atoms with Crippen LogP contribution in [0.2, 0.25) is 0 Å². The highest BCUT2D eigenvalue weighted by Crippen LogP contribution is 2.22. The molecule has 1 aromatic rings. The van der Waals surface area contributed by atoms with Crippen LogP contribution in [0.5, 0.6) is 5.75 Å². The van der Waals surface area contributed by atoms with E-state index in [1.54, 1.807) is 39.8 Å². The van der Waals surface area contributed by atoms with E-state index in [1.165, 1.54) is 17.0 Å². The molecule has 8 unspecified atom stereocenters. The molecule has 60 heavy (non-hydrogen) atoms. The van der Waals surface area contributed by atoms with Crippen LogP contribution in [-0.2, 0) is 54.4 Å². The first kappa shape index (κ1) is 49.8. The van der Waals surface area contributed by atoms with E-state index in [-0.39, 0.29) is 25.1 Å². The van der Waals surface area contributed by atoms with Crippen LogP contribution in [0.1, 0.15) is 78.2 Å². The van der Waals surface area contributed by atoms with E-state index in [9.17, 15) is 63.3 Å². The summed E-state index contributed by atoms with van der Waals surface area (Å²) in [5, 5.41) is 40.2. The molecule has 1 saturated heterocycles. The summed E-state index contributed by atoms with van der Waals surface area (Å²) in [4.78, 5) is 129. The molecule has 22 nitrogen and oxygen atoms in total. The molecule has 0 radical (unpaired) electrons. The number of carboxylic acids is 2. The number of aliphatic carboxylic acids is 2. The van der Waals surface area contributed by atoms with Gasteiger partial charge in [0.05, 0.1) is 18.9 Å². The van der Waals surface area contributed by atoms with Crippen molar-refractivity contribution in [3.63, 3.8) is 0 Å². The number of carboxylic acid groups (broad SMARTS) is 2. The Morgan fingerprint density at radius 3 is 1.83 bits per heavy atom. The molecule has 8 amide bonds. The van der Waals surface area contributed by atoms with E-state index in [1.807, 2.05) is 0 Å². The minimum atomic E-state index is -1.78. The second kappa shape index (κ2) is 23.3. The molecule has 332 valence electrons. The van der Waals surface area contributed by atoms with Crippen LogP contribution in [0, 0.1) is 11.8 Å². The van der Waals surface area contributed by atoms with Gasteiger partial charge in [0.25, 0.3) is 0 Å². The van der Waals surface area contributed by atoms with Gasteiger partial charge in [-0.1, -0.05) is 46.2 Å². The maximum absolute atomic E-state index is 14.2. The first-order valence-electron chi connectivity index (χ1n) is 19.4. The van der Waals surface area contributed by atoms with Crippen molar-refractivity contribution < 1.29 is 63.3 Å². The summed E-state index contributed by atoms with van der Waals surface area (Å²) < 4.78 is 0. The molecule has 0 aromatic heterocycles. The van der Waals surface area contributed by atoms with Gasteiger partial charge in [-0.15, -0.1) is 0 Å². The minimum Gasteiger partial charge on any atom is -0.508 e. The van der Waals surface area contributed by atoms with Crippen LogP contribution in [-0.4, -0.2) is 128 Å². The van der Waals surface area contributed by atoms with E-state index in [4.69, 9.17) is 17.2 Å². The van der Waals surface area contributed by atoms with Gasteiger partial charge in [-0.05, 0) is 55.2 Å². The normalized spacial score (nSPS) is 17.1. The Kier molecular flexibility index (Phi) is 19.4. The highest BCUT2D eigenvalue weighted by Gasteiger charge is 2.41. The van der Waals surface area contributed by atoms with Crippen molar-refractivity contribution in [2.75, 3.05) is 6.54 Å². The van der Waals surface area contributed by atoms with Gasteiger partial charge in [0.15, 0.2) is 0 Å². The molecule has 0 spiro atoms. The van der Waals surface area contributed by atoms with Gasteiger partial charge in [0, 0.05) is 13.0 Å². The third-order valence-corrected chi connectivity index (χ3v) is 9.93. The summed E-state index contributed by atoms with van der Waals surface area (Å²) >= 11 is 0. The van der Waals surface area contributed by atoms with Crippen molar-refractivity contribution in [1.29, 1.82) is 0 Å². The van der Waals surface area contributed by atoms with Crippen molar-refractivity contribution in [3.8, 4) is 5.75 Å². The summed E-state index contributed by atoms with van der Waals surface area (Å²) in [7, 11) is 0. The number of phenolic OH excluding ortho intramolecular Hbond substituents is 1. The molecule has 0 aliphatic carbocycles. The molecule has 2 rings (SSSR count). The van der Waals surface area contributed by atoms with Gasteiger partial charge >= 0.3 is 11.9 Å². The highest BCUT2D eigenvalue weighted by atomic mass is 16.4. The lowest BCUT2D eigenvalue weighted by Gasteiger charge is -2.33. The number of benzene rings is 1. The number of aromatic hydroxyl groups is 1. The number of amides is 8. The fourth-order valence-corrected chi connectivity index (χ4v) is 6.34. The fraction of sp³-hybridized carbons (Fsp3) is 0.579. The second-order valence-electron chi connectivity index (χ2n) is 15.1. The van der Waals surface area contributed by atoms with Crippen LogP contribution in [0.15, 0.2) is 24.3 Å². The lowest BCUT2D eigenvalue weighted by molar-refractivity contribution is -0.145. The summed E-state index contributed by atoms with van der Waals surface area (Å²) in [6.07, 6.45) is -1.80. The Balaban J connectivity index is 2.28. The summed E-state index contributed by atoms with van der Waals surface area (Å²) in [6, 6.07) is -3.85. The summed E-state index contributed by atoms with van der Waals surface area (Å²) in [5.41, 5.74) is 17.2. The van der Waals surface area contributed by atoms with E-state index in [0.717, 1.165) is 0 Å². The lowest BCUT2D eigenvalue weighted by atomic mass is 9.96. The number of rotatable bonds is 24. The number of hydrogen-bond acceptors (Lipinski definition) is 12. The average molecular weight is 848 g/mol. The zero-order chi connectivity index (χ0) is 45.4. The van der Waals surface area contributed by atoms with Gasteiger partial charge < -0.3 is 64.0 Å². The largest absolute Gasteiger partial charge is 0.508 e. The number of phenols is 1. The predicted molar refractivity (Wildman–Crippen MR) is 211 cm³/mol. The molecule has 1 aliphatic heterocycles. The Bertz CT molecular complexity index is 1760. The monoisotopic (exact) mass is 847 g/mol. The van der Waals surface area contributed by atoms with Crippen LogP contribution in [0.3, 0.4) is 0 Å². The molecule has 0 bridgehead atoms. The molecular formula is C38H57N9O13. The van der Waals surface area contributed by atoms with E-state index in [0.29, 0.717) is 18.4 Å². The highest BCUT2D eigenvalue weighted by molar-refractivity contribution is 5.99. The van der Waals surface area contributed by atoms with Crippen LogP contribution >= 0.6 is 0 Å². The van der Waals surface area contributed by atoms with E-state index >= 15 is 0 Å². The maximum Gasteiger partial charge on any atom is 0.326 e. The van der Waals surface area contributed by atoms with Gasteiger partial charge in [0.2, 0.25) is 47.3 Å². The molecule has 1 aromatic carbocycles. The Morgan fingerprint density at radius 2 is 1.30 bits per heavy atom. The average Bonchev–Trinajstić information content (AvgIpc) is 3.67. The van der Waals surface area contributed by atoms with Crippen molar-refractivity contribution in [1.82, 2.24) is 31.5 Å². The number of carbonyl (C=O) groups is 10. The first-order valence-corrected chi connectivity index (χ1v) is 19.4. The van der Waals surface area contributed by atoms with Gasteiger partial charge in [-0.2, -0.15) is 0 Å². The van der Waals surface area contributed by atoms with E-state index < -0.39 is 139 Å². The number of nitrogens with zero attached hydrogens (tertiary/aromatic N) is 1. The zero-order valence-electron chi connectivity index (χ0n) is 34.0. The molecule has 1 fully saturated rings. The number of carbonyl (C=O) groups excluding carboxylic acids is 8. The Morgan fingerprint density at radius 1 is 0.750 bits per heavy atom. The first-order chi connectivity index (χ1) is 28.0. The number of hydrogen-bond donors (Lipinski definition) is 11. The lowest BCUT2D eigenvalue weighted by Crippen LogP contribution is -2.61. The van der Waals surface area contributed by atoms with Crippen LogP contribution in [0.25, 0.3) is 0 Å². The molecule has 22 heteroatoms. The number of nitrogens with two attached hydrogens (primary N) is 3. The maximum atomic E-state index is 14.2. The third kappa shape index (κ3) is 15.5. The summed E-state index contributed by atoms with van der Waals surface area (Å²) in [6.45, 7) is 6.63. The second-order valence-corrected chi connectivity index (χ2v) is 15.1. The van der Waals surface area contributed by atoms with Crippen molar-refractivity contribution in [2.24, 2.45) is 29.0 Å². The Hall–Kier alpha value is -6.32. The topological polar surface area (TPSA) is 373 Å². The number of nitrogens with one attached hydrogen (secondary N) is 5.